The fourth-order valence-electron chi connectivity index (χ4n) is 1.36. The second kappa shape index (κ2) is 7.32. The van der Waals surface area contributed by atoms with Crippen LogP contribution in [-0.4, -0.2) is 30.6 Å². The number of ether oxygens (including phenoxy) is 2. The number of aldehydes is 1. The number of carbonyl (C=O) groups is 2. The molecule has 0 aliphatic carbocycles. The second-order valence-electron chi connectivity index (χ2n) is 3.67. The highest BCUT2D eigenvalue weighted by Gasteiger charge is 2.11. The molecule has 0 fully saturated rings. The molecule has 0 aliphatic heterocycles. The summed E-state index contributed by atoms with van der Waals surface area (Å²) in [7, 11) is 0. The smallest absolute Gasteiger partial charge is 0.341 e. The lowest BCUT2D eigenvalue weighted by Crippen LogP contribution is -2.11. The highest BCUT2D eigenvalue weighted by Crippen LogP contribution is 2.26. The highest BCUT2D eigenvalue weighted by molar-refractivity contribution is 5.84. The van der Waals surface area contributed by atoms with Crippen molar-refractivity contribution < 1.29 is 24.2 Å². The van der Waals surface area contributed by atoms with Gasteiger partial charge in [0.05, 0.1) is 12.2 Å². The minimum Gasteiger partial charge on any atom is -0.493 e. The van der Waals surface area contributed by atoms with Gasteiger partial charge >= 0.3 is 5.97 Å². The molecule has 5 nitrogen and oxygen atoms in total. The summed E-state index contributed by atoms with van der Waals surface area (Å²) in [5, 5.41) is 8.54. The topological polar surface area (TPSA) is 72.8 Å². The van der Waals surface area contributed by atoms with E-state index in [4.69, 9.17) is 14.6 Å². The first kappa shape index (κ1) is 14.0. The number of aliphatic carboxylic acids is 1. The van der Waals surface area contributed by atoms with Crippen molar-refractivity contribution in [3.8, 4) is 11.5 Å². The number of carbonyl (C=O) groups excluding carboxylic acids is 1. The van der Waals surface area contributed by atoms with Crippen molar-refractivity contribution in [2.24, 2.45) is 0 Å². The van der Waals surface area contributed by atoms with Crippen molar-refractivity contribution in [2.75, 3.05) is 13.2 Å². The Morgan fingerprint density at radius 2 is 2.00 bits per heavy atom. The van der Waals surface area contributed by atoms with Gasteiger partial charge in [-0.1, -0.05) is 19.4 Å². The van der Waals surface area contributed by atoms with E-state index in [1.54, 1.807) is 18.2 Å². The van der Waals surface area contributed by atoms with Gasteiger partial charge in [-0.25, -0.2) is 4.79 Å². The van der Waals surface area contributed by atoms with E-state index in [-0.39, 0.29) is 11.3 Å². The monoisotopic (exact) mass is 252 g/mol. The maximum Gasteiger partial charge on any atom is 0.341 e. The molecule has 0 bridgehead atoms. The molecule has 0 radical (unpaired) electrons. The van der Waals surface area contributed by atoms with Crippen molar-refractivity contribution in [1.29, 1.82) is 0 Å². The van der Waals surface area contributed by atoms with Crippen LogP contribution in [0.3, 0.4) is 0 Å². The maximum absolute atomic E-state index is 11.0. The Morgan fingerprint density at radius 3 is 2.56 bits per heavy atom. The second-order valence-corrected chi connectivity index (χ2v) is 3.67. The Hall–Kier alpha value is -2.04. The molecule has 1 N–H and O–H groups in total. The third kappa shape index (κ3) is 4.08. The van der Waals surface area contributed by atoms with Crippen LogP contribution in [0.25, 0.3) is 0 Å². The largest absolute Gasteiger partial charge is 0.493 e. The molecular weight excluding hydrogens is 236 g/mol. The van der Waals surface area contributed by atoms with Gasteiger partial charge in [0, 0.05) is 0 Å². The Bertz CT molecular complexity index is 414. The van der Waals surface area contributed by atoms with Crippen LogP contribution in [0.1, 0.15) is 30.1 Å². The van der Waals surface area contributed by atoms with Crippen LogP contribution in [0.2, 0.25) is 0 Å². The molecular formula is C13H16O5. The number of rotatable bonds is 8. The first-order valence-electron chi connectivity index (χ1n) is 5.74. The van der Waals surface area contributed by atoms with Crippen LogP contribution in [0.4, 0.5) is 0 Å². The van der Waals surface area contributed by atoms with Gasteiger partial charge in [-0.3, -0.25) is 4.79 Å². The van der Waals surface area contributed by atoms with Crippen LogP contribution in [0.15, 0.2) is 18.2 Å². The van der Waals surface area contributed by atoms with E-state index in [9.17, 15) is 9.59 Å². The Labute approximate surface area is 105 Å². The van der Waals surface area contributed by atoms with E-state index in [2.05, 4.69) is 0 Å². The third-order valence-electron chi connectivity index (χ3n) is 2.25. The fraction of sp³-hybridized carbons (Fsp3) is 0.385. The van der Waals surface area contributed by atoms with E-state index in [0.29, 0.717) is 18.6 Å². The third-order valence-corrected chi connectivity index (χ3v) is 2.25. The van der Waals surface area contributed by atoms with Crippen molar-refractivity contribution in [2.45, 2.75) is 19.8 Å². The van der Waals surface area contributed by atoms with E-state index in [1.807, 2.05) is 6.92 Å². The summed E-state index contributed by atoms with van der Waals surface area (Å²) in [5.41, 5.74) is 0.245. The zero-order valence-corrected chi connectivity index (χ0v) is 10.2. The van der Waals surface area contributed by atoms with Gasteiger partial charge < -0.3 is 14.6 Å². The molecule has 0 atom stereocenters. The van der Waals surface area contributed by atoms with Gasteiger partial charge in [-0.15, -0.1) is 0 Å². The molecule has 98 valence electrons. The van der Waals surface area contributed by atoms with E-state index in [1.165, 1.54) is 0 Å². The molecule has 5 heteroatoms. The summed E-state index contributed by atoms with van der Waals surface area (Å²) < 4.78 is 10.5. The quantitative estimate of drug-likeness (QED) is 0.567. The molecule has 1 aromatic carbocycles. The van der Waals surface area contributed by atoms with Crippen LogP contribution < -0.4 is 9.47 Å². The maximum atomic E-state index is 11.0. The molecule has 0 saturated heterocycles. The van der Waals surface area contributed by atoms with Crippen LogP contribution in [0.5, 0.6) is 11.5 Å². The summed E-state index contributed by atoms with van der Waals surface area (Å²) in [4.78, 5) is 21.4. The summed E-state index contributed by atoms with van der Waals surface area (Å²) in [5.74, 6) is -0.452. The van der Waals surface area contributed by atoms with Gasteiger partial charge in [-0.05, 0) is 18.6 Å². The zero-order chi connectivity index (χ0) is 13.4. The normalized spacial score (nSPS) is 9.83. The standard InChI is InChI=1S/C13H16O5/c1-2-3-7-17-11-5-4-6-12(10(11)8-14)18-9-13(15)16/h4-6,8H,2-3,7,9H2,1H3,(H,15,16). The molecule has 1 rings (SSSR count). The van der Waals surface area contributed by atoms with Crippen LogP contribution >= 0.6 is 0 Å². The number of carboxylic acids is 1. The van der Waals surface area contributed by atoms with E-state index >= 15 is 0 Å². The molecule has 0 unspecified atom stereocenters. The zero-order valence-electron chi connectivity index (χ0n) is 10.2. The minimum absolute atomic E-state index is 0.224. The van der Waals surface area contributed by atoms with Crippen LogP contribution in [0, 0.1) is 0 Å². The lowest BCUT2D eigenvalue weighted by atomic mass is 10.2. The van der Waals surface area contributed by atoms with Gasteiger partial charge in [0.2, 0.25) is 0 Å². The van der Waals surface area contributed by atoms with Crippen molar-refractivity contribution in [3.05, 3.63) is 23.8 Å². The summed E-state index contributed by atoms with van der Waals surface area (Å²) >= 11 is 0. The predicted molar refractivity (Wildman–Crippen MR) is 65.4 cm³/mol. The lowest BCUT2D eigenvalue weighted by Gasteiger charge is -2.11. The van der Waals surface area contributed by atoms with Gasteiger partial charge in [-0.2, -0.15) is 0 Å². The van der Waals surface area contributed by atoms with Gasteiger partial charge in [0.25, 0.3) is 0 Å². The van der Waals surface area contributed by atoms with Crippen molar-refractivity contribution in [1.82, 2.24) is 0 Å². The molecule has 0 heterocycles. The van der Waals surface area contributed by atoms with E-state index < -0.39 is 12.6 Å². The average molecular weight is 252 g/mol. The van der Waals surface area contributed by atoms with Crippen molar-refractivity contribution in [3.63, 3.8) is 0 Å². The van der Waals surface area contributed by atoms with Gasteiger partial charge in [0.1, 0.15) is 11.5 Å². The van der Waals surface area contributed by atoms with E-state index in [0.717, 1.165) is 12.8 Å². The fourth-order valence-corrected chi connectivity index (χ4v) is 1.36. The highest BCUT2D eigenvalue weighted by atomic mass is 16.5. The summed E-state index contributed by atoms with van der Waals surface area (Å²) in [6, 6.07) is 4.86. The molecule has 0 saturated carbocycles. The number of hydrogen-bond acceptors (Lipinski definition) is 4. The minimum atomic E-state index is -1.09. The average Bonchev–Trinajstić information content (AvgIpc) is 2.36. The predicted octanol–water partition coefficient (Wildman–Crippen LogP) is 2.14. The number of benzene rings is 1. The SMILES string of the molecule is CCCCOc1cccc(OCC(=O)O)c1C=O. The van der Waals surface area contributed by atoms with Crippen molar-refractivity contribution >= 4 is 12.3 Å². The number of unbranched alkanes of at least 4 members (excludes halogenated alkanes) is 1. The van der Waals surface area contributed by atoms with Crippen LogP contribution in [-0.2, 0) is 4.79 Å². The molecule has 0 spiro atoms. The number of hydrogen-bond donors (Lipinski definition) is 1. The lowest BCUT2D eigenvalue weighted by molar-refractivity contribution is -0.139. The van der Waals surface area contributed by atoms with Gasteiger partial charge in [0.15, 0.2) is 12.9 Å². The Kier molecular flexibility index (Phi) is 5.70. The Morgan fingerprint density at radius 1 is 1.33 bits per heavy atom. The Balaban J connectivity index is 2.80. The summed E-state index contributed by atoms with van der Waals surface area (Å²) in [6.45, 7) is 2.06. The molecule has 0 aromatic heterocycles. The number of carboxylic acid groups (broad SMARTS) is 1. The summed E-state index contributed by atoms with van der Waals surface area (Å²) in [6.07, 6.45) is 2.49. The molecule has 18 heavy (non-hydrogen) atoms. The first-order chi connectivity index (χ1) is 8.69. The molecule has 0 amide bonds. The first-order valence-corrected chi connectivity index (χ1v) is 5.74. The molecule has 1 aromatic rings. The molecule has 0 aliphatic rings.